The van der Waals surface area contributed by atoms with E-state index < -0.39 is 10.0 Å². The Morgan fingerprint density at radius 1 is 1.21 bits per heavy atom. The van der Waals surface area contributed by atoms with E-state index in [-0.39, 0.29) is 22.6 Å². The van der Waals surface area contributed by atoms with Crippen LogP contribution in [0.2, 0.25) is 0 Å². The number of sulfonamides is 1. The van der Waals surface area contributed by atoms with Crippen LogP contribution in [0.15, 0.2) is 35.7 Å². The minimum atomic E-state index is -3.49. The molecule has 2 aromatic rings. The van der Waals surface area contributed by atoms with Gasteiger partial charge in [0.15, 0.2) is 0 Å². The Balaban J connectivity index is 1.42. The van der Waals surface area contributed by atoms with E-state index in [2.05, 4.69) is 15.3 Å². The topological polar surface area (TPSA) is 106 Å². The highest BCUT2D eigenvalue weighted by Crippen LogP contribution is 2.21. The first-order valence-electron chi connectivity index (χ1n) is 9.44. The zero-order valence-electron chi connectivity index (χ0n) is 15.5. The van der Waals surface area contributed by atoms with Crippen LogP contribution in [0.25, 0.3) is 5.82 Å². The van der Waals surface area contributed by atoms with Gasteiger partial charge in [0.2, 0.25) is 10.0 Å². The fourth-order valence-electron chi connectivity index (χ4n) is 3.42. The van der Waals surface area contributed by atoms with Crippen LogP contribution >= 0.6 is 0 Å². The molecule has 0 saturated carbocycles. The van der Waals surface area contributed by atoms with Gasteiger partial charge in [0, 0.05) is 38.6 Å². The molecule has 0 aromatic carbocycles. The number of rotatable bonds is 6. The quantitative estimate of drug-likeness (QED) is 0.767. The van der Waals surface area contributed by atoms with Gasteiger partial charge in [0.05, 0.1) is 6.10 Å². The Bertz CT molecular complexity index is 929. The number of amides is 1. The SMILES string of the molecule is O=C(NC[C@H]1CCCO1)c1cn(-c2ccc(S(=O)(=O)N3CCCC3)cn2)cn1. The molecule has 9 nitrogen and oxygen atoms in total. The molecule has 1 amide bonds. The van der Waals surface area contributed by atoms with Gasteiger partial charge < -0.3 is 10.1 Å². The summed E-state index contributed by atoms with van der Waals surface area (Å²) < 4.78 is 33.7. The molecule has 0 unspecified atom stereocenters. The Labute approximate surface area is 163 Å². The lowest BCUT2D eigenvalue weighted by Crippen LogP contribution is -2.31. The van der Waals surface area contributed by atoms with E-state index in [1.165, 1.54) is 22.9 Å². The van der Waals surface area contributed by atoms with Crippen molar-refractivity contribution >= 4 is 15.9 Å². The summed E-state index contributed by atoms with van der Waals surface area (Å²) in [6.45, 7) is 2.31. The van der Waals surface area contributed by atoms with Gasteiger partial charge in [-0.3, -0.25) is 9.36 Å². The summed E-state index contributed by atoms with van der Waals surface area (Å²) in [5.74, 6) is 0.216. The third kappa shape index (κ3) is 3.94. The maximum Gasteiger partial charge on any atom is 0.271 e. The van der Waals surface area contributed by atoms with Gasteiger partial charge in [-0.05, 0) is 37.8 Å². The van der Waals surface area contributed by atoms with Crippen LogP contribution in [-0.2, 0) is 14.8 Å². The summed E-state index contributed by atoms with van der Waals surface area (Å²) in [7, 11) is -3.49. The van der Waals surface area contributed by atoms with E-state index in [9.17, 15) is 13.2 Å². The molecule has 2 aromatic heterocycles. The number of carbonyl (C=O) groups is 1. The Hall–Kier alpha value is -2.30. The molecule has 10 heteroatoms. The number of pyridine rings is 1. The average Bonchev–Trinajstić information content (AvgIpc) is 3.48. The van der Waals surface area contributed by atoms with E-state index in [0.29, 0.717) is 25.5 Å². The number of ether oxygens (including phenoxy) is 1. The van der Waals surface area contributed by atoms with Crippen LogP contribution in [-0.4, -0.2) is 65.5 Å². The average molecular weight is 405 g/mol. The minimum Gasteiger partial charge on any atom is -0.376 e. The number of nitrogens with zero attached hydrogens (tertiary/aromatic N) is 4. The molecule has 2 fully saturated rings. The zero-order valence-corrected chi connectivity index (χ0v) is 16.3. The fraction of sp³-hybridized carbons (Fsp3) is 0.500. The summed E-state index contributed by atoms with van der Waals surface area (Å²) in [6, 6.07) is 3.14. The fourth-order valence-corrected chi connectivity index (χ4v) is 4.89. The van der Waals surface area contributed by atoms with Crippen molar-refractivity contribution in [3.05, 3.63) is 36.5 Å². The molecular weight excluding hydrogens is 382 g/mol. The first-order chi connectivity index (χ1) is 13.5. The van der Waals surface area contributed by atoms with Crippen LogP contribution in [0, 0.1) is 0 Å². The van der Waals surface area contributed by atoms with Crippen molar-refractivity contribution in [2.24, 2.45) is 0 Å². The Morgan fingerprint density at radius 3 is 2.71 bits per heavy atom. The molecule has 28 heavy (non-hydrogen) atoms. The maximum absolute atomic E-state index is 12.6. The van der Waals surface area contributed by atoms with Crippen LogP contribution in [0.1, 0.15) is 36.2 Å². The van der Waals surface area contributed by atoms with Gasteiger partial charge in [-0.1, -0.05) is 0 Å². The number of nitrogens with one attached hydrogen (secondary N) is 1. The second-order valence-corrected chi connectivity index (χ2v) is 8.91. The van der Waals surface area contributed by atoms with Crippen LogP contribution in [0.5, 0.6) is 0 Å². The first kappa shape index (κ1) is 19.0. The summed E-state index contributed by atoms with van der Waals surface area (Å²) in [5.41, 5.74) is 0.272. The van der Waals surface area contributed by atoms with Gasteiger partial charge in [-0.2, -0.15) is 4.31 Å². The maximum atomic E-state index is 12.6. The van der Waals surface area contributed by atoms with Crippen molar-refractivity contribution in [2.45, 2.75) is 36.7 Å². The smallest absolute Gasteiger partial charge is 0.271 e. The van der Waals surface area contributed by atoms with E-state index >= 15 is 0 Å². The van der Waals surface area contributed by atoms with Crippen LogP contribution in [0.4, 0.5) is 0 Å². The van der Waals surface area contributed by atoms with Gasteiger partial charge in [0.1, 0.15) is 22.7 Å². The molecule has 0 aliphatic carbocycles. The molecule has 1 N–H and O–H groups in total. The molecular formula is C18H23N5O4S. The molecule has 2 aliphatic rings. The Morgan fingerprint density at radius 2 is 2.04 bits per heavy atom. The molecule has 0 radical (unpaired) electrons. The predicted molar refractivity (Wildman–Crippen MR) is 101 cm³/mol. The summed E-state index contributed by atoms with van der Waals surface area (Å²) in [4.78, 5) is 20.8. The van der Waals surface area contributed by atoms with E-state index in [0.717, 1.165) is 32.3 Å². The van der Waals surface area contributed by atoms with Crippen molar-refractivity contribution in [3.8, 4) is 5.82 Å². The number of hydrogen-bond acceptors (Lipinski definition) is 6. The normalized spacial score (nSPS) is 20.5. The summed E-state index contributed by atoms with van der Waals surface area (Å²) in [6.07, 6.45) is 8.21. The Kier molecular flexibility index (Phi) is 5.42. The van der Waals surface area contributed by atoms with Crippen molar-refractivity contribution < 1.29 is 17.9 Å². The highest BCUT2D eigenvalue weighted by Gasteiger charge is 2.27. The van der Waals surface area contributed by atoms with Gasteiger partial charge in [0.25, 0.3) is 5.91 Å². The van der Waals surface area contributed by atoms with Crippen molar-refractivity contribution in [1.29, 1.82) is 0 Å². The van der Waals surface area contributed by atoms with E-state index in [1.54, 1.807) is 16.8 Å². The van der Waals surface area contributed by atoms with Crippen LogP contribution < -0.4 is 5.32 Å². The predicted octanol–water partition coefficient (Wildman–Crippen LogP) is 0.961. The number of carbonyl (C=O) groups excluding carboxylic acids is 1. The molecule has 4 heterocycles. The highest BCUT2D eigenvalue weighted by atomic mass is 32.2. The zero-order chi connectivity index (χ0) is 19.6. The summed E-state index contributed by atoms with van der Waals surface area (Å²) >= 11 is 0. The largest absolute Gasteiger partial charge is 0.376 e. The van der Waals surface area contributed by atoms with E-state index in [1.807, 2.05) is 0 Å². The van der Waals surface area contributed by atoms with Gasteiger partial charge in [-0.25, -0.2) is 18.4 Å². The molecule has 0 spiro atoms. The second kappa shape index (κ2) is 7.98. The van der Waals surface area contributed by atoms with Gasteiger partial charge >= 0.3 is 0 Å². The monoisotopic (exact) mass is 405 g/mol. The molecule has 0 bridgehead atoms. The minimum absolute atomic E-state index is 0.0674. The molecule has 4 rings (SSSR count). The highest BCUT2D eigenvalue weighted by molar-refractivity contribution is 7.89. The number of aromatic nitrogens is 3. The second-order valence-electron chi connectivity index (χ2n) is 6.97. The third-order valence-corrected chi connectivity index (χ3v) is 6.90. The molecule has 2 saturated heterocycles. The van der Waals surface area contributed by atoms with Crippen molar-refractivity contribution in [1.82, 2.24) is 24.2 Å². The van der Waals surface area contributed by atoms with Crippen molar-refractivity contribution in [3.63, 3.8) is 0 Å². The molecule has 150 valence electrons. The third-order valence-electron chi connectivity index (χ3n) is 5.02. The van der Waals surface area contributed by atoms with Gasteiger partial charge in [-0.15, -0.1) is 0 Å². The molecule has 2 aliphatic heterocycles. The number of hydrogen-bond donors (Lipinski definition) is 1. The standard InChI is InChI=1S/C18H23N5O4S/c24-18(20-10-14-4-3-9-27-14)16-12-22(13-21-16)17-6-5-15(11-19-17)28(25,26)23-7-1-2-8-23/h5-6,11-14H,1-4,7-10H2,(H,20,24)/t14-/m1/s1. The summed E-state index contributed by atoms with van der Waals surface area (Å²) in [5, 5.41) is 2.82. The number of imidazole rings is 1. The van der Waals surface area contributed by atoms with E-state index in [4.69, 9.17) is 4.74 Å². The lowest BCUT2D eigenvalue weighted by molar-refractivity contribution is 0.0854. The lowest BCUT2D eigenvalue weighted by Gasteiger charge is -2.15. The molecule has 1 atom stereocenters. The van der Waals surface area contributed by atoms with Crippen LogP contribution in [0.3, 0.4) is 0 Å². The first-order valence-corrected chi connectivity index (χ1v) is 10.9. The lowest BCUT2D eigenvalue weighted by atomic mass is 10.2. The van der Waals surface area contributed by atoms with Crippen molar-refractivity contribution in [2.75, 3.05) is 26.2 Å².